The number of carbonyl (C=O) groups is 1. The first-order chi connectivity index (χ1) is 12.2. The molecule has 0 aromatic heterocycles. The zero-order valence-corrected chi connectivity index (χ0v) is 14.1. The molecule has 0 N–H and O–H groups in total. The van der Waals surface area contributed by atoms with E-state index in [9.17, 15) is 4.79 Å². The van der Waals surface area contributed by atoms with Crippen molar-refractivity contribution in [1.82, 2.24) is 0 Å². The van der Waals surface area contributed by atoms with E-state index < -0.39 is 0 Å². The van der Waals surface area contributed by atoms with Crippen molar-refractivity contribution >= 4 is 12.0 Å². The van der Waals surface area contributed by atoms with Gasteiger partial charge < -0.3 is 14.2 Å². The number of hydrogen-bond donors (Lipinski definition) is 0. The zero-order chi connectivity index (χ0) is 17.5. The lowest BCUT2D eigenvalue weighted by Gasteiger charge is -2.19. The Labute approximate surface area is 147 Å². The van der Waals surface area contributed by atoms with Crippen LogP contribution in [0.3, 0.4) is 0 Å². The van der Waals surface area contributed by atoms with Gasteiger partial charge in [-0.25, -0.2) is 4.79 Å². The van der Waals surface area contributed by atoms with Gasteiger partial charge in [-0.3, -0.25) is 0 Å². The van der Waals surface area contributed by atoms with Crippen LogP contribution in [0.5, 0.6) is 5.75 Å². The Morgan fingerprint density at radius 2 is 1.88 bits per heavy atom. The molecule has 1 heterocycles. The summed E-state index contributed by atoms with van der Waals surface area (Å²) in [6.07, 6.45) is 5.42. The van der Waals surface area contributed by atoms with Crippen molar-refractivity contribution in [2.24, 2.45) is 0 Å². The predicted molar refractivity (Wildman–Crippen MR) is 95.8 cm³/mol. The standard InChI is InChI=1S/C21H20O4/c1-23-20-13-19(25-21(22)14-20)12-9-16-7-10-18(11-8-16)24-15-17-5-3-2-4-6-17/h2-12,14,19H,13,15H2,1H3/b12-9+. The first-order valence-corrected chi connectivity index (χ1v) is 8.13. The average molecular weight is 336 g/mol. The summed E-state index contributed by atoms with van der Waals surface area (Å²) in [6.45, 7) is 0.542. The van der Waals surface area contributed by atoms with E-state index in [1.54, 1.807) is 7.11 Å². The van der Waals surface area contributed by atoms with Gasteiger partial charge in [-0.2, -0.15) is 0 Å². The molecule has 0 saturated carbocycles. The zero-order valence-electron chi connectivity index (χ0n) is 14.1. The molecule has 0 spiro atoms. The Morgan fingerprint density at radius 1 is 1.12 bits per heavy atom. The van der Waals surface area contributed by atoms with Gasteiger partial charge in [-0.1, -0.05) is 48.5 Å². The van der Waals surface area contributed by atoms with E-state index in [-0.39, 0.29) is 12.1 Å². The Balaban J connectivity index is 1.55. The molecule has 0 bridgehead atoms. The van der Waals surface area contributed by atoms with E-state index in [0.29, 0.717) is 18.8 Å². The largest absolute Gasteiger partial charge is 0.501 e. The van der Waals surface area contributed by atoms with E-state index >= 15 is 0 Å². The molecule has 3 rings (SSSR count). The maximum Gasteiger partial charge on any atom is 0.334 e. The summed E-state index contributed by atoms with van der Waals surface area (Å²) in [5, 5.41) is 0. The maximum absolute atomic E-state index is 11.5. The molecule has 4 nitrogen and oxygen atoms in total. The third-order valence-corrected chi connectivity index (χ3v) is 3.84. The molecule has 1 atom stereocenters. The summed E-state index contributed by atoms with van der Waals surface area (Å²) in [5.41, 5.74) is 2.14. The highest BCUT2D eigenvalue weighted by molar-refractivity contribution is 5.83. The second kappa shape index (κ2) is 8.20. The number of carbonyl (C=O) groups excluding carboxylic acids is 1. The number of methoxy groups -OCH3 is 1. The van der Waals surface area contributed by atoms with Crippen LogP contribution in [0.15, 0.2) is 72.5 Å². The molecule has 1 aliphatic rings. The van der Waals surface area contributed by atoms with E-state index in [4.69, 9.17) is 14.2 Å². The number of ether oxygens (including phenoxy) is 3. The van der Waals surface area contributed by atoms with E-state index in [1.165, 1.54) is 6.08 Å². The van der Waals surface area contributed by atoms with Crippen molar-refractivity contribution in [3.05, 3.63) is 83.6 Å². The Kier molecular flexibility index (Phi) is 5.52. The smallest absolute Gasteiger partial charge is 0.334 e. The van der Waals surface area contributed by atoms with Gasteiger partial charge in [0.25, 0.3) is 0 Å². The summed E-state index contributed by atoms with van der Waals surface area (Å²) in [4.78, 5) is 11.5. The van der Waals surface area contributed by atoms with Crippen molar-refractivity contribution in [1.29, 1.82) is 0 Å². The molecule has 1 aliphatic heterocycles. The van der Waals surface area contributed by atoms with E-state index in [0.717, 1.165) is 16.9 Å². The molecule has 25 heavy (non-hydrogen) atoms. The van der Waals surface area contributed by atoms with Gasteiger partial charge in [0.1, 0.15) is 24.2 Å². The van der Waals surface area contributed by atoms with Crippen LogP contribution in [-0.4, -0.2) is 19.2 Å². The highest BCUT2D eigenvalue weighted by Crippen LogP contribution is 2.19. The van der Waals surface area contributed by atoms with Crippen LogP contribution < -0.4 is 4.74 Å². The molecule has 128 valence electrons. The summed E-state index contributed by atoms with van der Waals surface area (Å²) < 4.78 is 16.1. The summed E-state index contributed by atoms with van der Waals surface area (Å²) >= 11 is 0. The number of cyclic esters (lactones) is 1. The summed E-state index contributed by atoms with van der Waals surface area (Å²) in [5.74, 6) is 1.08. The molecule has 0 fully saturated rings. The highest BCUT2D eigenvalue weighted by Gasteiger charge is 2.19. The monoisotopic (exact) mass is 336 g/mol. The lowest BCUT2D eigenvalue weighted by molar-refractivity contribution is -0.142. The Morgan fingerprint density at radius 3 is 2.60 bits per heavy atom. The minimum Gasteiger partial charge on any atom is -0.501 e. The fraction of sp³-hybridized carbons (Fsp3) is 0.190. The Hall–Kier alpha value is -3.01. The normalized spacial score (nSPS) is 17.1. The van der Waals surface area contributed by atoms with Gasteiger partial charge in [0.2, 0.25) is 0 Å². The van der Waals surface area contributed by atoms with Crippen LogP contribution in [0.25, 0.3) is 6.08 Å². The SMILES string of the molecule is COC1=CC(=O)OC(/C=C/c2ccc(OCc3ccccc3)cc2)C1. The molecular weight excluding hydrogens is 316 g/mol. The fourth-order valence-corrected chi connectivity index (χ4v) is 2.50. The van der Waals surface area contributed by atoms with Gasteiger partial charge in [-0.05, 0) is 29.3 Å². The van der Waals surface area contributed by atoms with Crippen molar-refractivity contribution in [2.75, 3.05) is 7.11 Å². The maximum atomic E-state index is 11.5. The second-order valence-corrected chi connectivity index (χ2v) is 5.70. The molecule has 2 aromatic carbocycles. The van der Waals surface area contributed by atoms with Crippen molar-refractivity contribution in [3.63, 3.8) is 0 Å². The molecule has 0 radical (unpaired) electrons. The minimum atomic E-state index is -0.373. The molecule has 0 amide bonds. The van der Waals surface area contributed by atoms with Crippen LogP contribution in [-0.2, 0) is 20.9 Å². The first kappa shape index (κ1) is 16.8. The topological polar surface area (TPSA) is 44.8 Å². The summed E-state index contributed by atoms with van der Waals surface area (Å²) in [6, 6.07) is 17.8. The van der Waals surface area contributed by atoms with Crippen molar-refractivity contribution in [3.8, 4) is 5.75 Å². The quantitative estimate of drug-likeness (QED) is 0.744. The van der Waals surface area contributed by atoms with Gasteiger partial charge in [-0.15, -0.1) is 0 Å². The Bertz CT molecular complexity index is 760. The van der Waals surface area contributed by atoms with Gasteiger partial charge in [0.05, 0.1) is 13.2 Å². The third-order valence-electron chi connectivity index (χ3n) is 3.84. The first-order valence-electron chi connectivity index (χ1n) is 8.13. The van der Waals surface area contributed by atoms with Crippen LogP contribution in [0.2, 0.25) is 0 Å². The van der Waals surface area contributed by atoms with Gasteiger partial charge >= 0.3 is 5.97 Å². The predicted octanol–water partition coefficient (Wildman–Crippen LogP) is 4.12. The number of rotatable bonds is 6. The van der Waals surface area contributed by atoms with E-state index in [2.05, 4.69) is 0 Å². The van der Waals surface area contributed by atoms with Crippen molar-refractivity contribution in [2.45, 2.75) is 19.1 Å². The van der Waals surface area contributed by atoms with Gasteiger partial charge in [0.15, 0.2) is 0 Å². The molecule has 0 saturated heterocycles. The summed E-state index contributed by atoms with van der Waals surface area (Å²) in [7, 11) is 1.55. The van der Waals surface area contributed by atoms with Crippen LogP contribution in [0, 0.1) is 0 Å². The minimum absolute atomic E-state index is 0.304. The molecule has 2 aromatic rings. The average Bonchev–Trinajstić information content (AvgIpc) is 2.66. The molecule has 4 heteroatoms. The lowest BCUT2D eigenvalue weighted by atomic mass is 10.1. The van der Waals surface area contributed by atoms with Gasteiger partial charge in [0, 0.05) is 6.42 Å². The molecule has 1 unspecified atom stereocenters. The van der Waals surface area contributed by atoms with Crippen LogP contribution >= 0.6 is 0 Å². The van der Waals surface area contributed by atoms with Crippen molar-refractivity contribution < 1.29 is 19.0 Å². The van der Waals surface area contributed by atoms with E-state index in [1.807, 2.05) is 66.7 Å². The second-order valence-electron chi connectivity index (χ2n) is 5.70. The number of benzene rings is 2. The lowest BCUT2D eigenvalue weighted by Crippen LogP contribution is -2.21. The van der Waals surface area contributed by atoms with Crippen LogP contribution in [0.1, 0.15) is 17.5 Å². The molecule has 0 aliphatic carbocycles. The highest BCUT2D eigenvalue weighted by atomic mass is 16.5. The number of hydrogen-bond acceptors (Lipinski definition) is 4. The fourth-order valence-electron chi connectivity index (χ4n) is 2.50. The van der Waals surface area contributed by atoms with Crippen LogP contribution in [0.4, 0.5) is 0 Å². The number of esters is 1. The third kappa shape index (κ3) is 4.98. The molecular formula is C21H20O4.